The summed E-state index contributed by atoms with van der Waals surface area (Å²) in [5.74, 6) is 2.39. The molecule has 17 nitrogen and oxygen atoms in total. The lowest BCUT2D eigenvalue weighted by Crippen LogP contribution is -2.44. The zero-order valence-corrected chi connectivity index (χ0v) is 55.7. The van der Waals surface area contributed by atoms with E-state index < -0.39 is 0 Å². The minimum absolute atomic E-state index is 0.724. The fourth-order valence-electron chi connectivity index (χ4n) is 8.89. The van der Waals surface area contributed by atoms with Gasteiger partial charge in [0.15, 0.2) is 0 Å². The van der Waals surface area contributed by atoms with Crippen molar-refractivity contribution >= 4 is 34.8 Å². The van der Waals surface area contributed by atoms with Gasteiger partial charge in [-0.2, -0.15) is 0 Å². The van der Waals surface area contributed by atoms with Gasteiger partial charge in [-0.15, -0.1) is 0 Å². The first-order chi connectivity index (χ1) is 41.5. The van der Waals surface area contributed by atoms with Gasteiger partial charge in [-0.25, -0.2) is 44.9 Å². The molecular formula is C67H108N16O. The van der Waals surface area contributed by atoms with Gasteiger partial charge in [0.05, 0.1) is 64.5 Å². The minimum atomic E-state index is 0.724. The summed E-state index contributed by atoms with van der Waals surface area (Å²) in [5, 5.41) is 3.35. The summed E-state index contributed by atoms with van der Waals surface area (Å²) in [4.78, 5) is 48.1. The molecule has 84 heavy (non-hydrogen) atoms. The summed E-state index contributed by atoms with van der Waals surface area (Å²) in [5.41, 5.74) is 11.6. The molecule has 0 aliphatic carbocycles. The van der Waals surface area contributed by atoms with Crippen LogP contribution in [0, 0.1) is 20.8 Å². The second-order valence-corrected chi connectivity index (χ2v) is 16.5. The molecule has 0 atom stereocenters. The molecule has 3 saturated heterocycles. The Morgan fingerprint density at radius 2 is 0.643 bits per heavy atom. The number of piperazine rings is 1. The van der Waals surface area contributed by atoms with Gasteiger partial charge in [0.2, 0.25) is 17.8 Å². The molecule has 0 unspecified atom stereocenters. The van der Waals surface area contributed by atoms with E-state index >= 15 is 0 Å². The van der Waals surface area contributed by atoms with E-state index in [4.69, 9.17) is 19.7 Å². The standard InChI is InChI=1S/C17H19N5.C16H18N6.C16H17N5O.9C2H6/c1-13-16(22-12-6-3-7-15(22)19-13)14-8-9-18-17(20-14)21-10-4-2-5-11-21;1-12-15(22-9-3-2-4-14(22)19-12)13-5-6-18-16(20-13)21-10-7-17-8-11-21;1-12-15(21-7-3-2-4-14(21)18-12)13-5-6-17-16(19-13)20-8-10-22-11-9-20;9*1-2/h3,6-9,12H,2,4-5,10-11H2,1H3;2-6,9,17H,7-8,10-11H2,1H3;2-7H,8-11H2,1H3;9*1-2H3. The van der Waals surface area contributed by atoms with Crippen LogP contribution in [-0.2, 0) is 4.74 Å². The van der Waals surface area contributed by atoms with Gasteiger partial charge in [0.1, 0.15) is 16.9 Å². The maximum absolute atomic E-state index is 5.39. The molecule has 9 aromatic rings. The molecule has 0 aromatic carbocycles. The van der Waals surface area contributed by atoms with Crippen LogP contribution in [0.25, 0.3) is 51.1 Å². The van der Waals surface area contributed by atoms with Crippen LogP contribution in [0.3, 0.4) is 0 Å². The molecule has 3 fully saturated rings. The Morgan fingerprint density at radius 1 is 0.345 bits per heavy atom. The summed E-state index contributed by atoms with van der Waals surface area (Å²) in [6.45, 7) is 51.1. The predicted octanol–water partition coefficient (Wildman–Crippen LogP) is 15.8. The SMILES string of the molecule is CC.CC.CC.CC.CC.CC.CC.CC.CC.Cc1nc2ccccn2c1-c1ccnc(N2CCCCC2)n1.Cc1nc2ccccn2c1-c1ccnc(N2CCNCC2)n1.Cc1nc2ccccn2c1-c1ccnc(N2CCOCC2)n1. The maximum Gasteiger partial charge on any atom is 0.226 e. The number of anilines is 3. The molecule has 0 bridgehead atoms. The summed E-state index contributed by atoms with van der Waals surface area (Å²) in [6, 6.07) is 23.9. The lowest BCUT2D eigenvalue weighted by atomic mass is 10.1. The number of piperidine rings is 1. The van der Waals surface area contributed by atoms with E-state index in [1.807, 2.05) is 255 Å². The molecule has 17 heteroatoms. The molecule has 0 amide bonds. The summed E-state index contributed by atoms with van der Waals surface area (Å²) >= 11 is 0. The minimum Gasteiger partial charge on any atom is -0.378 e. The molecule has 1 N–H and O–H groups in total. The second kappa shape index (κ2) is 44.2. The number of hydrogen-bond donors (Lipinski definition) is 1. The number of nitrogens with zero attached hydrogens (tertiary/aromatic N) is 15. The van der Waals surface area contributed by atoms with Crippen molar-refractivity contribution in [2.45, 2.75) is 165 Å². The van der Waals surface area contributed by atoms with E-state index in [-0.39, 0.29) is 0 Å². The lowest BCUT2D eigenvalue weighted by molar-refractivity contribution is 0.122. The van der Waals surface area contributed by atoms with Gasteiger partial charge in [0, 0.05) is 89.5 Å². The van der Waals surface area contributed by atoms with Crippen LogP contribution in [0.2, 0.25) is 0 Å². The van der Waals surface area contributed by atoms with Crippen molar-refractivity contribution in [1.29, 1.82) is 0 Å². The highest BCUT2D eigenvalue weighted by Gasteiger charge is 2.20. The van der Waals surface area contributed by atoms with Gasteiger partial charge < -0.3 is 24.8 Å². The average Bonchev–Trinajstić information content (AvgIpc) is 4.29. The molecule has 9 aromatic heterocycles. The van der Waals surface area contributed by atoms with Crippen molar-refractivity contribution in [3.8, 4) is 34.2 Å². The molecule has 3 aliphatic heterocycles. The number of hydrogen-bond acceptors (Lipinski definition) is 14. The van der Waals surface area contributed by atoms with Crippen LogP contribution in [0.1, 0.15) is 161 Å². The highest BCUT2D eigenvalue weighted by Crippen LogP contribution is 2.28. The van der Waals surface area contributed by atoms with Crippen LogP contribution in [0.4, 0.5) is 17.8 Å². The molecule has 12 rings (SSSR count). The normalized spacial score (nSPS) is 12.8. The Labute approximate surface area is 506 Å². The smallest absolute Gasteiger partial charge is 0.226 e. The Kier molecular flexibility index (Phi) is 39.3. The fraction of sp³-hybridized carbons (Fsp3) is 0.507. The van der Waals surface area contributed by atoms with Gasteiger partial charge >= 0.3 is 0 Å². The van der Waals surface area contributed by atoms with E-state index in [0.717, 1.165) is 152 Å². The third kappa shape index (κ3) is 20.8. The summed E-state index contributed by atoms with van der Waals surface area (Å²) < 4.78 is 11.6. The monoisotopic (exact) mass is 1150 g/mol. The number of fused-ring (bicyclic) bond motifs is 3. The third-order valence-electron chi connectivity index (χ3n) is 12.1. The largest absolute Gasteiger partial charge is 0.378 e. The lowest BCUT2D eigenvalue weighted by Gasteiger charge is -2.27. The first kappa shape index (κ1) is 74.6. The molecule has 0 radical (unpaired) electrons. The molecular weight excluding hydrogens is 1040 g/mol. The average molecular weight is 1150 g/mol. The Hall–Kier alpha value is -7.37. The fourth-order valence-corrected chi connectivity index (χ4v) is 8.89. The van der Waals surface area contributed by atoms with Crippen LogP contribution in [0.15, 0.2) is 110 Å². The number of ether oxygens (including phenoxy) is 1. The number of pyridine rings is 3. The number of aryl methyl sites for hydroxylation is 3. The molecule has 462 valence electrons. The van der Waals surface area contributed by atoms with Crippen LogP contribution >= 0.6 is 0 Å². The third-order valence-corrected chi connectivity index (χ3v) is 12.1. The van der Waals surface area contributed by atoms with Crippen molar-refractivity contribution in [3.05, 3.63) is 127 Å². The zero-order chi connectivity index (χ0) is 62.8. The van der Waals surface area contributed by atoms with Crippen molar-refractivity contribution in [2.75, 3.05) is 80.3 Å². The topological polar surface area (TPSA) is 160 Å². The van der Waals surface area contributed by atoms with E-state index in [2.05, 4.69) is 63.1 Å². The van der Waals surface area contributed by atoms with Crippen LogP contribution < -0.4 is 20.0 Å². The molecule has 0 saturated carbocycles. The Morgan fingerprint density at radius 3 is 0.964 bits per heavy atom. The predicted molar refractivity (Wildman–Crippen MR) is 359 cm³/mol. The number of aromatic nitrogens is 12. The maximum atomic E-state index is 5.39. The highest BCUT2D eigenvalue weighted by atomic mass is 16.5. The first-order valence-corrected chi connectivity index (χ1v) is 31.8. The number of nitrogens with one attached hydrogen (secondary N) is 1. The number of rotatable bonds is 6. The number of morpholine rings is 1. The highest BCUT2D eigenvalue weighted by molar-refractivity contribution is 5.67. The summed E-state index contributed by atoms with van der Waals surface area (Å²) in [7, 11) is 0. The second-order valence-electron chi connectivity index (χ2n) is 16.5. The summed E-state index contributed by atoms with van der Waals surface area (Å²) in [6.07, 6.45) is 15.3. The van der Waals surface area contributed by atoms with E-state index in [1.54, 1.807) is 0 Å². The molecule has 12 heterocycles. The van der Waals surface area contributed by atoms with Crippen LogP contribution in [0.5, 0.6) is 0 Å². The van der Waals surface area contributed by atoms with Gasteiger partial charge in [-0.1, -0.05) is 143 Å². The zero-order valence-electron chi connectivity index (χ0n) is 55.7. The van der Waals surface area contributed by atoms with Gasteiger partial charge in [0.25, 0.3) is 0 Å². The van der Waals surface area contributed by atoms with Gasteiger partial charge in [-0.05, 0) is 94.6 Å². The van der Waals surface area contributed by atoms with Crippen molar-refractivity contribution in [1.82, 2.24) is 63.4 Å². The van der Waals surface area contributed by atoms with Crippen LogP contribution in [-0.4, -0.2) is 124 Å². The van der Waals surface area contributed by atoms with E-state index in [1.165, 1.54) is 19.3 Å². The quantitative estimate of drug-likeness (QED) is 0.167. The van der Waals surface area contributed by atoms with E-state index in [9.17, 15) is 0 Å². The van der Waals surface area contributed by atoms with Crippen molar-refractivity contribution in [3.63, 3.8) is 0 Å². The van der Waals surface area contributed by atoms with Crippen molar-refractivity contribution in [2.24, 2.45) is 0 Å². The van der Waals surface area contributed by atoms with Crippen molar-refractivity contribution < 1.29 is 4.74 Å². The number of imidazole rings is 3. The molecule has 0 spiro atoms. The van der Waals surface area contributed by atoms with E-state index in [0.29, 0.717) is 0 Å². The Balaban J connectivity index is 0.000000554. The first-order valence-electron chi connectivity index (χ1n) is 31.8. The van der Waals surface area contributed by atoms with Gasteiger partial charge in [-0.3, -0.25) is 13.2 Å². The molecule has 3 aliphatic rings. The Bertz CT molecular complexity index is 2750.